The second-order valence-corrected chi connectivity index (χ2v) is 5.99. The van der Waals surface area contributed by atoms with Crippen LogP contribution in [0.1, 0.15) is 37.7 Å². The lowest BCUT2D eigenvalue weighted by molar-refractivity contribution is -0.125. The number of rotatable bonds is 4. The number of nitrogens with zero attached hydrogens (tertiary/aromatic N) is 2. The molecule has 1 saturated heterocycles. The molecule has 1 aliphatic carbocycles. The van der Waals surface area contributed by atoms with Crippen LogP contribution >= 0.6 is 0 Å². The number of imide groups is 1. The van der Waals surface area contributed by atoms with Gasteiger partial charge in [-0.05, 0) is 26.2 Å². The van der Waals surface area contributed by atoms with E-state index in [1.807, 2.05) is 13.0 Å². The first-order valence-corrected chi connectivity index (χ1v) is 7.75. The number of aryl methyl sites for hydroxylation is 2. The van der Waals surface area contributed by atoms with Gasteiger partial charge in [-0.3, -0.25) is 10.1 Å². The largest absolute Gasteiger partial charge is 0.370 e. The normalized spacial score (nSPS) is 27.1. The van der Waals surface area contributed by atoms with Gasteiger partial charge in [0.05, 0.1) is 0 Å². The van der Waals surface area contributed by atoms with Crippen LogP contribution in [-0.4, -0.2) is 34.0 Å². The fraction of sp³-hybridized carbons (Fsp3) is 0.600. The van der Waals surface area contributed by atoms with Crippen molar-refractivity contribution in [3.8, 4) is 0 Å². The molecule has 3 rings (SSSR count). The van der Waals surface area contributed by atoms with E-state index in [-0.39, 0.29) is 17.9 Å². The second kappa shape index (κ2) is 5.55. The highest BCUT2D eigenvalue weighted by Gasteiger charge is 2.54. The van der Waals surface area contributed by atoms with Gasteiger partial charge in [0.1, 0.15) is 17.2 Å². The van der Waals surface area contributed by atoms with E-state index in [0.717, 1.165) is 36.6 Å². The van der Waals surface area contributed by atoms with Gasteiger partial charge in [-0.25, -0.2) is 14.8 Å². The van der Waals surface area contributed by atoms with E-state index in [9.17, 15) is 9.59 Å². The molecule has 7 heteroatoms. The predicted octanol–water partition coefficient (Wildman–Crippen LogP) is 1.14. The number of hydrogen-bond acceptors (Lipinski definition) is 5. The Balaban J connectivity index is 1.72. The molecular formula is C15H21N5O2. The van der Waals surface area contributed by atoms with Crippen molar-refractivity contribution < 1.29 is 9.59 Å². The molecule has 2 heterocycles. The van der Waals surface area contributed by atoms with Crippen molar-refractivity contribution in [1.82, 2.24) is 20.6 Å². The van der Waals surface area contributed by atoms with Crippen molar-refractivity contribution >= 4 is 17.8 Å². The molecule has 2 fully saturated rings. The molecule has 2 aliphatic rings. The lowest BCUT2D eigenvalue weighted by atomic mass is 9.87. The van der Waals surface area contributed by atoms with Gasteiger partial charge in [-0.2, -0.15) is 0 Å². The Hall–Kier alpha value is -2.18. The van der Waals surface area contributed by atoms with Crippen molar-refractivity contribution in [1.29, 1.82) is 0 Å². The van der Waals surface area contributed by atoms with Crippen LogP contribution in [0.15, 0.2) is 6.07 Å². The topological polar surface area (TPSA) is 96.0 Å². The standard InChI is InChI=1S/C15H21N5O2/c1-3-11-7-12(18-9(2)17-11)16-8-10-5-4-6-15(10)13(21)19-14(22)20-15/h7,10H,3-6,8H2,1-2H3,(H,16,17,18)(H2,19,20,21,22)/t10-,15-/m0/s1. The third-order valence-corrected chi connectivity index (χ3v) is 4.57. The summed E-state index contributed by atoms with van der Waals surface area (Å²) in [6, 6.07) is 1.55. The number of carbonyl (C=O) groups is 2. The van der Waals surface area contributed by atoms with E-state index < -0.39 is 5.54 Å². The first-order chi connectivity index (χ1) is 10.5. The lowest BCUT2D eigenvalue weighted by Gasteiger charge is -2.28. The molecule has 0 aromatic carbocycles. The van der Waals surface area contributed by atoms with Gasteiger partial charge < -0.3 is 10.6 Å². The average molecular weight is 303 g/mol. The van der Waals surface area contributed by atoms with E-state index in [2.05, 4.69) is 32.8 Å². The zero-order chi connectivity index (χ0) is 15.7. The van der Waals surface area contributed by atoms with E-state index in [1.54, 1.807) is 0 Å². The highest BCUT2D eigenvalue weighted by molar-refractivity contribution is 6.07. The summed E-state index contributed by atoms with van der Waals surface area (Å²) in [5.41, 5.74) is 0.239. The Morgan fingerprint density at radius 3 is 2.91 bits per heavy atom. The first kappa shape index (κ1) is 14.7. The summed E-state index contributed by atoms with van der Waals surface area (Å²) in [7, 11) is 0. The summed E-state index contributed by atoms with van der Waals surface area (Å²) in [5.74, 6) is 1.38. The zero-order valence-corrected chi connectivity index (χ0v) is 12.9. The van der Waals surface area contributed by atoms with Crippen molar-refractivity contribution in [2.45, 2.75) is 45.1 Å². The maximum Gasteiger partial charge on any atom is 0.322 e. The van der Waals surface area contributed by atoms with Gasteiger partial charge in [0, 0.05) is 24.2 Å². The number of aromatic nitrogens is 2. The summed E-state index contributed by atoms with van der Waals surface area (Å²) >= 11 is 0. The Morgan fingerprint density at radius 1 is 1.41 bits per heavy atom. The molecule has 2 atom stereocenters. The van der Waals surface area contributed by atoms with Crippen molar-refractivity contribution in [3.05, 3.63) is 17.6 Å². The molecule has 1 spiro atoms. The van der Waals surface area contributed by atoms with Crippen molar-refractivity contribution in [2.24, 2.45) is 5.92 Å². The van der Waals surface area contributed by atoms with Crippen LogP contribution in [0, 0.1) is 12.8 Å². The fourth-order valence-electron chi connectivity index (χ4n) is 3.45. The van der Waals surface area contributed by atoms with Crippen LogP contribution in [0.3, 0.4) is 0 Å². The number of amides is 3. The van der Waals surface area contributed by atoms with Crippen LogP contribution in [0.2, 0.25) is 0 Å². The van der Waals surface area contributed by atoms with E-state index in [1.165, 1.54) is 0 Å². The predicted molar refractivity (Wildman–Crippen MR) is 81.4 cm³/mol. The maximum atomic E-state index is 12.1. The summed E-state index contributed by atoms with van der Waals surface area (Å²) in [6.45, 7) is 4.52. The smallest absolute Gasteiger partial charge is 0.322 e. The molecule has 118 valence electrons. The molecule has 1 aliphatic heterocycles. The molecular weight excluding hydrogens is 282 g/mol. The van der Waals surface area contributed by atoms with E-state index in [0.29, 0.717) is 13.0 Å². The molecule has 0 bridgehead atoms. The maximum absolute atomic E-state index is 12.1. The molecule has 3 N–H and O–H groups in total. The van der Waals surface area contributed by atoms with Gasteiger partial charge in [0.25, 0.3) is 5.91 Å². The highest BCUT2D eigenvalue weighted by atomic mass is 16.2. The minimum atomic E-state index is -0.750. The van der Waals surface area contributed by atoms with Crippen LogP contribution in [-0.2, 0) is 11.2 Å². The molecule has 0 unspecified atom stereocenters. The molecule has 0 radical (unpaired) electrons. The SMILES string of the molecule is CCc1cc(NC[C@@H]2CCC[C@]23NC(=O)NC3=O)nc(C)n1. The van der Waals surface area contributed by atoms with Gasteiger partial charge in [0.2, 0.25) is 0 Å². The molecule has 1 aromatic heterocycles. The second-order valence-electron chi connectivity index (χ2n) is 5.99. The minimum Gasteiger partial charge on any atom is -0.370 e. The third kappa shape index (κ3) is 2.51. The van der Waals surface area contributed by atoms with Gasteiger partial charge in [-0.1, -0.05) is 13.3 Å². The number of anilines is 1. The van der Waals surface area contributed by atoms with Crippen molar-refractivity contribution in [3.63, 3.8) is 0 Å². The summed E-state index contributed by atoms with van der Waals surface area (Å²) in [5, 5.41) is 8.50. The first-order valence-electron chi connectivity index (χ1n) is 7.75. The van der Waals surface area contributed by atoms with Crippen LogP contribution in [0.25, 0.3) is 0 Å². The van der Waals surface area contributed by atoms with E-state index >= 15 is 0 Å². The number of nitrogens with one attached hydrogen (secondary N) is 3. The van der Waals surface area contributed by atoms with Crippen molar-refractivity contribution in [2.75, 3.05) is 11.9 Å². The zero-order valence-electron chi connectivity index (χ0n) is 12.9. The number of carbonyl (C=O) groups excluding carboxylic acids is 2. The van der Waals surface area contributed by atoms with E-state index in [4.69, 9.17) is 0 Å². The summed E-state index contributed by atoms with van der Waals surface area (Å²) in [6.07, 6.45) is 3.39. The highest BCUT2D eigenvalue weighted by Crippen LogP contribution is 2.37. The summed E-state index contributed by atoms with van der Waals surface area (Å²) < 4.78 is 0. The summed E-state index contributed by atoms with van der Waals surface area (Å²) in [4.78, 5) is 32.4. The molecule has 1 saturated carbocycles. The molecule has 7 nitrogen and oxygen atoms in total. The Kier molecular flexibility index (Phi) is 3.72. The van der Waals surface area contributed by atoms with Gasteiger partial charge in [-0.15, -0.1) is 0 Å². The molecule has 22 heavy (non-hydrogen) atoms. The van der Waals surface area contributed by atoms with Gasteiger partial charge >= 0.3 is 6.03 Å². The molecule has 1 aromatic rings. The minimum absolute atomic E-state index is 0.0688. The third-order valence-electron chi connectivity index (χ3n) is 4.57. The van der Waals surface area contributed by atoms with Crippen LogP contribution in [0.5, 0.6) is 0 Å². The Bertz CT molecular complexity index is 618. The lowest BCUT2D eigenvalue weighted by Crippen LogP contribution is -2.51. The number of hydrogen-bond donors (Lipinski definition) is 3. The average Bonchev–Trinajstić information content (AvgIpc) is 3.00. The Morgan fingerprint density at radius 2 is 2.23 bits per heavy atom. The molecule has 3 amide bonds. The Labute approximate surface area is 129 Å². The van der Waals surface area contributed by atoms with Crippen LogP contribution < -0.4 is 16.0 Å². The van der Waals surface area contributed by atoms with Gasteiger partial charge in [0.15, 0.2) is 0 Å². The number of urea groups is 1. The monoisotopic (exact) mass is 303 g/mol. The quantitative estimate of drug-likeness (QED) is 0.725. The van der Waals surface area contributed by atoms with Crippen LogP contribution in [0.4, 0.5) is 10.6 Å². The fourth-order valence-corrected chi connectivity index (χ4v) is 3.45.